The monoisotopic (exact) mass is 181 g/mol. The van der Waals surface area contributed by atoms with Crippen LogP contribution in [-0.2, 0) is 0 Å². The van der Waals surface area contributed by atoms with Gasteiger partial charge in [-0.25, -0.2) is 0 Å². The normalized spacial score (nSPS) is 16.3. The molecule has 0 radical (unpaired) electrons. The van der Waals surface area contributed by atoms with Gasteiger partial charge in [-0.05, 0) is 39.2 Å². The molecule has 0 amide bonds. The Morgan fingerprint density at radius 3 is 2.15 bits per heavy atom. The van der Waals surface area contributed by atoms with Crippen LogP contribution >= 0.6 is 0 Å². The van der Waals surface area contributed by atoms with E-state index in [4.69, 9.17) is 6.42 Å². The average molecular weight is 181 g/mol. The molecule has 0 heterocycles. The summed E-state index contributed by atoms with van der Waals surface area (Å²) in [5, 5.41) is 3.49. The summed E-state index contributed by atoms with van der Waals surface area (Å²) in [6.45, 7) is 12.1. The maximum Gasteiger partial charge on any atom is 0.0115 e. The van der Waals surface area contributed by atoms with Crippen LogP contribution in [0, 0.1) is 24.2 Å². The summed E-state index contributed by atoms with van der Waals surface area (Å²) >= 11 is 0. The SMILES string of the molecule is C#CCC(C)C(C)CNC(C)(C)C. The van der Waals surface area contributed by atoms with Crippen molar-refractivity contribution < 1.29 is 0 Å². The molecule has 13 heavy (non-hydrogen) atoms. The van der Waals surface area contributed by atoms with Crippen molar-refractivity contribution >= 4 is 0 Å². The van der Waals surface area contributed by atoms with Crippen LogP contribution < -0.4 is 5.32 Å². The molecule has 1 heteroatoms. The first kappa shape index (κ1) is 12.5. The largest absolute Gasteiger partial charge is 0.312 e. The van der Waals surface area contributed by atoms with Crippen molar-refractivity contribution in [2.24, 2.45) is 11.8 Å². The van der Waals surface area contributed by atoms with Gasteiger partial charge in [0.25, 0.3) is 0 Å². The van der Waals surface area contributed by atoms with Crippen molar-refractivity contribution in [3.8, 4) is 12.3 Å². The fourth-order valence-corrected chi connectivity index (χ4v) is 1.06. The second-order valence-electron chi connectivity index (χ2n) is 4.99. The van der Waals surface area contributed by atoms with Gasteiger partial charge in [0, 0.05) is 12.0 Å². The van der Waals surface area contributed by atoms with E-state index in [9.17, 15) is 0 Å². The third-order valence-corrected chi connectivity index (χ3v) is 2.37. The molecular weight excluding hydrogens is 158 g/mol. The zero-order chi connectivity index (χ0) is 10.5. The fraction of sp³-hybridized carbons (Fsp3) is 0.833. The van der Waals surface area contributed by atoms with Gasteiger partial charge in [0.15, 0.2) is 0 Å². The second kappa shape index (κ2) is 5.29. The summed E-state index contributed by atoms with van der Waals surface area (Å²) in [4.78, 5) is 0. The molecule has 0 saturated heterocycles. The zero-order valence-electron chi connectivity index (χ0n) is 9.65. The Bertz CT molecular complexity index is 171. The predicted molar refractivity (Wildman–Crippen MR) is 59.5 cm³/mol. The molecule has 2 unspecified atom stereocenters. The number of hydrogen-bond donors (Lipinski definition) is 1. The van der Waals surface area contributed by atoms with Crippen LogP contribution in [0.2, 0.25) is 0 Å². The van der Waals surface area contributed by atoms with Crippen molar-refractivity contribution in [3.63, 3.8) is 0 Å². The smallest absolute Gasteiger partial charge is 0.0115 e. The van der Waals surface area contributed by atoms with Crippen LogP contribution in [0.3, 0.4) is 0 Å². The fourth-order valence-electron chi connectivity index (χ4n) is 1.06. The van der Waals surface area contributed by atoms with E-state index >= 15 is 0 Å². The summed E-state index contributed by atoms with van der Waals surface area (Å²) in [7, 11) is 0. The van der Waals surface area contributed by atoms with Gasteiger partial charge >= 0.3 is 0 Å². The number of terminal acetylenes is 1. The standard InChI is InChI=1S/C12H23N/c1-7-8-10(2)11(3)9-13-12(4,5)6/h1,10-11,13H,8-9H2,2-6H3. The maximum atomic E-state index is 5.28. The molecule has 0 fully saturated rings. The first-order chi connectivity index (χ1) is 5.87. The van der Waals surface area contributed by atoms with Crippen molar-refractivity contribution in [2.75, 3.05) is 6.54 Å². The first-order valence-corrected chi connectivity index (χ1v) is 5.05. The molecule has 0 spiro atoms. The zero-order valence-corrected chi connectivity index (χ0v) is 9.65. The molecule has 76 valence electrons. The van der Waals surface area contributed by atoms with Crippen LogP contribution in [0.15, 0.2) is 0 Å². The van der Waals surface area contributed by atoms with E-state index in [1.54, 1.807) is 0 Å². The highest BCUT2D eigenvalue weighted by Crippen LogP contribution is 2.14. The molecule has 0 aromatic carbocycles. The van der Waals surface area contributed by atoms with Crippen molar-refractivity contribution in [1.29, 1.82) is 0 Å². The lowest BCUT2D eigenvalue weighted by Crippen LogP contribution is -2.39. The average Bonchev–Trinajstić information content (AvgIpc) is 1.99. The second-order valence-corrected chi connectivity index (χ2v) is 4.99. The molecule has 1 nitrogen and oxygen atoms in total. The minimum Gasteiger partial charge on any atom is -0.312 e. The Morgan fingerprint density at radius 2 is 1.77 bits per heavy atom. The molecule has 1 N–H and O–H groups in total. The summed E-state index contributed by atoms with van der Waals surface area (Å²) in [5.41, 5.74) is 0.212. The highest BCUT2D eigenvalue weighted by molar-refractivity contribution is 4.87. The van der Waals surface area contributed by atoms with Crippen molar-refractivity contribution in [1.82, 2.24) is 5.32 Å². The van der Waals surface area contributed by atoms with Gasteiger partial charge < -0.3 is 5.32 Å². The lowest BCUT2D eigenvalue weighted by molar-refractivity contribution is 0.322. The Balaban J connectivity index is 3.75. The van der Waals surface area contributed by atoms with Gasteiger partial charge in [-0.15, -0.1) is 12.3 Å². The Labute approximate surface area is 83.3 Å². The first-order valence-electron chi connectivity index (χ1n) is 5.05. The number of rotatable bonds is 4. The van der Waals surface area contributed by atoms with Crippen LogP contribution in [-0.4, -0.2) is 12.1 Å². The molecule has 0 saturated carbocycles. The number of hydrogen-bond acceptors (Lipinski definition) is 1. The van der Waals surface area contributed by atoms with Crippen LogP contribution in [0.5, 0.6) is 0 Å². The van der Waals surface area contributed by atoms with E-state index in [-0.39, 0.29) is 5.54 Å². The molecule has 0 aliphatic rings. The minimum atomic E-state index is 0.212. The molecular formula is C12H23N. The summed E-state index contributed by atoms with van der Waals surface area (Å²) in [6, 6.07) is 0. The Hall–Kier alpha value is -0.480. The van der Waals surface area contributed by atoms with Gasteiger partial charge in [-0.2, -0.15) is 0 Å². The van der Waals surface area contributed by atoms with Gasteiger partial charge in [-0.3, -0.25) is 0 Å². The lowest BCUT2D eigenvalue weighted by atomic mass is 9.92. The Morgan fingerprint density at radius 1 is 1.23 bits per heavy atom. The van der Waals surface area contributed by atoms with Crippen LogP contribution in [0.1, 0.15) is 41.0 Å². The topological polar surface area (TPSA) is 12.0 Å². The summed E-state index contributed by atoms with van der Waals surface area (Å²) in [6.07, 6.45) is 6.16. The van der Waals surface area contributed by atoms with Gasteiger partial charge in [0.05, 0.1) is 0 Å². The van der Waals surface area contributed by atoms with Gasteiger partial charge in [-0.1, -0.05) is 13.8 Å². The summed E-state index contributed by atoms with van der Waals surface area (Å²) < 4.78 is 0. The molecule has 0 aliphatic heterocycles. The molecule has 0 aliphatic carbocycles. The van der Waals surface area contributed by atoms with Crippen molar-refractivity contribution in [3.05, 3.63) is 0 Å². The minimum absolute atomic E-state index is 0.212. The molecule has 0 aromatic rings. The molecule has 0 rings (SSSR count). The Kier molecular flexibility index (Phi) is 5.10. The van der Waals surface area contributed by atoms with Crippen molar-refractivity contribution in [2.45, 2.75) is 46.6 Å². The predicted octanol–water partition coefficient (Wildman–Crippen LogP) is 2.67. The number of nitrogens with one attached hydrogen (secondary N) is 1. The molecule has 0 aromatic heterocycles. The van der Waals surface area contributed by atoms with Gasteiger partial charge in [0.2, 0.25) is 0 Å². The van der Waals surface area contributed by atoms with Gasteiger partial charge in [0.1, 0.15) is 0 Å². The van der Waals surface area contributed by atoms with E-state index in [0.717, 1.165) is 13.0 Å². The third kappa shape index (κ3) is 6.66. The van der Waals surface area contributed by atoms with E-state index < -0.39 is 0 Å². The van der Waals surface area contributed by atoms with E-state index in [2.05, 4.69) is 45.9 Å². The van der Waals surface area contributed by atoms with Crippen LogP contribution in [0.4, 0.5) is 0 Å². The molecule has 2 atom stereocenters. The van der Waals surface area contributed by atoms with E-state index in [0.29, 0.717) is 11.8 Å². The molecule has 0 bridgehead atoms. The highest BCUT2D eigenvalue weighted by atomic mass is 14.9. The van der Waals surface area contributed by atoms with Crippen LogP contribution in [0.25, 0.3) is 0 Å². The quantitative estimate of drug-likeness (QED) is 0.657. The third-order valence-electron chi connectivity index (χ3n) is 2.37. The van der Waals surface area contributed by atoms with E-state index in [1.165, 1.54) is 0 Å². The summed E-state index contributed by atoms with van der Waals surface area (Å²) in [5.74, 6) is 3.98. The lowest BCUT2D eigenvalue weighted by Gasteiger charge is -2.25. The highest BCUT2D eigenvalue weighted by Gasteiger charge is 2.14. The maximum absolute atomic E-state index is 5.28. The van der Waals surface area contributed by atoms with E-state index in [1.807, 2.05) is 0 Å².